The van der Waals surface area contributed by atoms with Gasteiger partial charge in [0.25, 0.3) is 0 Å². The van der Waals surface area contributed by atoms with Gasteiger partial charge in [-0.05, 0) is 19.3 Å². The molecule has 1 fully saturated rings. The fourth-order valence-corrected chi connectivity index (χ4v) is 4.43. The lowest BCUT2D eigenvalue weighted by Gasteiger charge is -2.22. The van der Waals surface area contributed by atoms with E-state index in [9.17, 15) is 8.42 Å². The number of allylic oxidation sites excluding steroid dienone is 1. The lowest BCUT2D eigenvalue weighted by molar-refractivity contribution is 0.0304. The van der Waals surface area contributed by atoms with Crippen molar-refractivity contribution in [2.45, 2.75) is 37.1 Å². The summed E-state index contributed by atoms with van der Waals surface area (Å²) in [5.74, 6) is 0.468. The summed E-state index contributed by atoms with van der Waals surface area (Å²) in [5, 5.41) is 8.06. The summed E-state index contributed by atoms with van der Waals surface area (Å²) in [5.41, 5.74) is 0.821. The topological polar surface area (TPSA) is 74.1 Å². The number of rotatable bonds is 6. The van der Waals surface area contributed by atoms with E-state index in [1.54, 1.807) is 10.6 Å². The van der Waals surface area contributed by atoms with Crippen LogP contribution in [0.5, 0.6) is 0 Å². The molecule has 0 saturated carbocycles. The Labute approximate surface area is 142 Å². The normalized spacial score (nSPS) is 18.4. The summed E-state index contributed by atoms with van der Waals surface area (Å²) < 4.78 is 32.8. The average molecular weight is 347 g/mol. The maximum atomic E-state index is 12.8. The molecule has 3 rings (SSSR count). The lowest BCUT2D eigenvalue weighted by atomic mass is 10.1. The van der Waals surface area contributed by atoms with Gasteiger partial charge in [0.1, 0.15) is 0 Å². The minimum Gasteiger partial charge on any atom is -0.377 e. The molecule has 1 saturated heterocycles. The van der Waals surface area contributed by atoms with Crippen molar-refractivity contribution in [3.05, 3.63) is 43.0 Å². The first-order valence-corrected chi connectivity index (χ1v) is 9.71. The molecule has 128 valence electrons. The molecule has 6 nitrogen and oxygen atoms in total. The Bertz CT molecular complexity index is 794. The Morgan fingerprint density at radius 3 is 2.71 bits per heavy atom. The molecule has 1 aromatic carbocycles. The second kappa shape index (κ2) is 7.27. The maximum Gasteiger partial charge on any atom is 0.250 e. The van der Waals surface area contributed by atoms with Crippen molar-refractivity contribution < 1.29 is 13.2 Å². The van der Waals surface area contributed by atoms with E-state index in [1.807, 2.05) is 30.3 Å². The molecular formula is C17H21N3O3S. The molecule has 2 aromatic rings. The van der Waals surface area contributed by atoms with E-state index in [2.05, 4.69) is 16.8 Å². The highest BCUT2D eigenvalue weighted by atomic mass is 32.2. The third kappa shape index (κ3) is 3.57. The second-order valence-electron chi connectivity index (χ2n) is 5.84. The Balaban J connectivity index is 1.95. The predicted octanol–water partition coefficient (Wildman–Crippen LogP) is 2.47. The highest BCUT2D eigenvalue weighted by Crippen LogP contribution is 2.23. The molecular weight excluding hydrogens is 326 g/mol. The number of benzene rings is 1. The fourth-order valence-electron chi connectivity index (χ4n) is 2.87. The third-order valence-electron chi connectivity index (χ3n) is 4.02. The van der Waals surface area contributed by atoms with Crippen LogP contribution in [0.2, 0.25) is 0 Å². The Hall–Kier alpha value is -1.99. The molecule has 0 spiro atoms. The lowest BCUT2D eigenvalue weighted by Crippen LogP contribution is -2.29. The molecule has 0 amide bonds. The van der Waals surface area contributed by atoms with E-state index in [-0.39, 0.29) is 17.0 Å². The number of aromatic nitrogens is 3. The smallest absolute Gasteiger partial charge is 0.250 e. The summed E-state index contributed by atoms with van der Waals surface area (Å²) in [7, 11) is -3.58. The monoisotopic (exact) mass is 347 g/mol. The average Bonchev–Trinajstić information content (AvgIpc) is 3.01. The van der Waals surface area contributed by atoms with Crippen LogP contribution in [0, 0.1) is 0 Å². The number of ether oxygens (including phenoxy) is 1. The van der Waals surface area contributed by atoms with Crippen molar-refractivity contribution in [1.82, 2.24) is 14.8 Å². The molecule has 0 bridgehead atoms. The largest absolute Gasteiger partial charge is 0.377 e. The quantitative estimate of drug-likeness (QED) is 0.751. The van der Waals surface area contributed by atoms with Crippen LogP contribution in [0.4, 0.5) is 0 Å². The zero-order chi connectivity index (χ0) is 17.0. The van der Waals surface area contributed by atoms with E-state index in [1.165, 1.54) is 0 Å². The fraction of sp³-hybridized carbons (Fsp3) is 0.412. The molecule has 1 aromatic heterocycles. The van der Waals surface area contributed by atoms with Crippen molar-refractivity contribution in [1.29, 1.82) is 0 Å². The Kier molecular flexibility index (Phi) is 5.11. The number of sulfone groups is 1. The molecule has 2 heterocycles. The van der Waals surface area contributed by atoms with E-state index < -0.39 is 9.84 Å². The molecule has 1 aliphatic heterocycles. The Morgan fingerprint density at radius 1 is 1.25 bits per heavy atom. The second-order valence-corrected chi connectivity index (χ2v) is 7.77. The van der Waals surface area contributed by atoms with Crippen LogP contribution in [0.3, 0.4) is 0 Å². The number of hydrogen-bond donors (Lipinski definition) is 0. The Morgan fingerprint density at radius 2 is 2.04 bits per heavy atom. The number of hydrogen-bond acceptors (Lipinski definition) is 5. The van der Waals surface area contributed by atoms with Crippen LogP contribution in [0.1, 0.15) is 19.3 Å². The SMILES string of the molecule is C=CCn1c(-c2ccccc2)nnc1S(=O)(=O)CC1CCCCO1. The first kappa shape index (κ1) is 16.9. The maximum absolute atomic E-state index is 12.8. The van der Waals surface area contributed by atoms with Gasteiger partial charge in [0.15, 0.2) is 5.82 Å². The van der Waals surface area contributed by atoms with Crippen molar-refractivity contribution in [3.63, 3.8) is 0 Å². The summed E-state index contributed by atoms with van der Waals surface area (Å²) in [6.45, 7) is 4.66. The molecule has 0 aliphatic carbocycles. The van der Waals surface area contributed by atoms with Gasteiger partial charge >= 0.3 is 0 Å². The zero-order valence-electron chi connectivity index (χ0n) is 13.5. The van der Waals surface area contributed by atoms with Gasteiger partial charge in [0.05, 0.1) is 11.9 Å². The van der Waals surface area contributed by atoms with Crippen LogP contribution in [0.15, 0.2) is 48.1 Å². The summed E-state index contributed by atoms with van der Waals surface area (Å²) in [4.78, 5) is 0. The number of nitrogens with zero attached hydrogens (tertiary/aromatic N) is 3. The van der Waals surface area contributed by atoms with Crippen LogP contribution in [-0.2, 0) is 21.1 Å². The van der Waals surface area contributed by atoms with Gasteiger partial charge in [0.2, 0.25) is 15.0 Å². The minimum absolute atomic E-state index is 0.0181. The molecule has 24 heavy (non-hydrogen) atoms. The van der Waals surface area contributed by atoms with Crippen molar-refractivity contribution in [2.24, 2.45) is 0 Å². The highest BCUT2D eigenvalue weighted by Gasteiger charge is 2.29. The first-order valence-electron chi connectivity index (χ1n) is 8.05. The van der Waals surface area contributed by atoms with Gasteiger partial charge in [-0.2, -0.15) is 0 Å². The van der Waals surface area contributed by atoms with E-state index in [0.717, 1.165) is 24.8 Å². The van der Waals surface area contributed by atoms with Gasteiger partial charge in [-0.1, -0.05) is 36.4 Å². The molecule has 1 aliphatic rings. The van der Waals surface area contributed by atoms with Gasteiger partial charge in [-0.25, -0.2) is 8.42 Å². The minimum atomic E-state index is -3.58. The predicted molar refractivity (Wildman–Crippen MR) is 91.3 cm³/mol. The zero-order valence-corrected chi connectivity index (χ0v) is 14.3. The van der Waals surface area contributed by atoms with E-state index in [4.69, 9.17) is 4.74 Å². The van der Waals surface area contributed by atoms with E-state index in [0.29, 0.717) is 19.0 Å². The van der Waals surface area contributed by atoms with Gasteiger partial charge < -0.3 is 4.74 Å². The summed E-state index contributed by atoms with van der Waals surface area (Å²) >= 11 is 0. The van der Waals surface area contributed by atoms with Crippen molar-refractivity contribution in [2.75, 3.05) is 12.4 Å². The van der Waals surface area contributed by atoms with Crippen LogP contribution in [0.25, 0.3) is 11.4 Å². The standard InChI is InChI=1S/C17H21N3O3S/c1-2-11-20-16(14-8-4-3-5-9-14)18-19-17(20)24(21,22)13-15-10-6-7-12-23-15/h2-5,8-9,15H,1,6-7,10-13H2. The molecule has 7 heteroatoms. The summed E-state index contributed by atoms with van der Waals surface area (Å²) in [6.07, 6.45) is 4.13. The van der Waals surface area contributed by atoms with Crippen molar-refractivity contribution in [3.8, 4) is 11.4 Å². The van der Waals surface area contributed by atoms with Gasteiger partial charge in [0, 0.05) is 18.7 Å². The van der Waals surface area contributed by atoms with E-state index >= 15 is 0 Å². The van der Waals surface area contributed by atoms with Crippen LogP contribution in [-0.4, -0.2) is 41.6 Å². The third-order valence-corrected chi connectivity index (χ3v) is 5.69. The molecule has 0 N–H and O–H groups in total. The molecule has 0 radical (unpaired) electrons. The first-order chi connectivity index (χ1) is 11.6. The van der Waals surface area contributed by atoms with Crippen LogP contribution >= 0.6 is 0 Å². The highest BCUT2D eigenvalue weighted by molar-refractivity contribution is 7.91. The van der Waals surface area contributed by atoms with Crippen molar-refractivity contribution >= 4 is 9.84 Å². The molecule has 1 atom stereocenters. The summed E-state index contributed by atoms with van der Waals surface area (Å²) in [6, 6.07) is 9.42. The molecule has 1 unspecified atom stereocenters. The van der Waals surface area contributed by atoms with Gasteiger partial charge in [-0.15, -0.1) is 16.8 Å². The van der Waals surface area contributed by atoms with Crippen LogP contribution < -0.4 is 0 Å². The van der Waals surface area contributed by atoms with Gasteiger partial charge in [-0.3, -0.25) is 4.57 Å².